The summed E-state index contributed by atoms with van der Waals surface area (Å²) in [6.07, 6.45) is 2.76. The number of likely N-dealkylation sites (N-methyl/N-ethyl adjacent to an activating group) is 1. The Morgan fingerprint density at radius 3 is 2.27 bits per heavy atom. The first-order chi connectivity index (χ1) is 12.6. The molecule has 0 aromatic heterocycles. The third-order valence-electron chi connectivity index (χ3n) is 4.79. The Kier molecular flexibility index (Phi) is 5.57. The van der Waals surface area contributed by atoms with Gasteiger partial charge in [0.15, 0.2) is 23.0 Å². The number of hydrogen-bond donors (Lipinski definition) is 0. The predicted molar refractivity (Wildman–Crippen MR) is 102 cm³/mol. The van der Waals surface area contributed by atoms with Crippen LogP contribution in [0.2, 0.25) is 0 Å². The van der Waals surface area contributed by atoms with Crippen LogP contribution in [0.5, 0.6) is 28.7 Å². The molecule has 0 amide bonds. The number of hydrogen-bond acceptors (Lipinski definition) is 5. The van der Waals surface area contributed by atoms with E-state index in [1.165, 1.54) is 11.1 Å². The number of ether oxygens (including phenoxy) is 4. The van der Waals surface area contributed by atoms with Crippen molar-refractivity contribution >= 4 is 0 Å². The average Bonchev–Trinajstić information content (AvgIpc) is 2.84. The average molecular weight is 357 g/mol. The zero-order valence-corrected chi connectivity index (χ0v) is 16.2. The maximum absolute atomic E-state index is 6.34. The van der Waals surface area contributed by atoms with Crippen LogP contribution in [0.25, 0.3) is 0 Å². The lowest BCUT2D eigenvalue weighted by molar-refractivity contribution is 0.349. The Labute approximate surface area is 155 Å². The zero-order valence-electron chi connectivity index (χ0n) is 16.2. The maximum atomic E-state index is 6.34. The van der Waals surface area contributed by atoms with E-state index in [-0.39, 0.29) is 0 Å². The van der Waals surface area contributed by atoms with E-state index in [4.69, 9.17) is 18.9 Å². The summed E-state index contributed by atoms with van der Waals surface area (Å²) < 4.78 is 22.8. The van der Waals surface area contributed by atoms with Gasteiger partial charge in [0, 0.05) is 18.2 Å². The lowest BCUT2D eigenvalue weighted by Gasteiger charge is -2.18. The summed E-state index contributed by atoms with van der Waals surface area (Å²) in [5, 5.41) is 0. The van der Waals surface area contributed by atoms with Crippen molar-refractivity contribution in [2.75, 3.05) is 42.0 Å². The molecule has 0 saturated carbocycles. The third kappa shape index (κ3) is 3.58. The van der Waals surface area contributed by atoms with E-state index in [2.05, 4.69) is 25.1 Å². The molecule has 0 fully saturated rings. The molecule has 0 unspecified atom stereocenters. The molecule has 0 bridgehead atoms. The normalized spacial score (nSPS) is 12.7. The number of nitrogens with zero attached hydrogens (tertiary/aromatic N) is 1. The van der Waals surface area contributed by atoms with Gasteiger partial charge in [-0.25, -0.2) is 0 Å². The van der Waals surface area contributed by atoms with Crippen LogP contribution in [-0.2, 0) is 19.3 Å². The highest BCUT2D eigenvalue weighted by Crippen LogP contribution is 2.44. The summed E-state index contributed by atoms with van der Waals surface area (Å²) >= 11 is 0. The van der Waals surface area contributed by atoms with Gasteiger partial charge < -0.3 is 23.8 Å². The molecular formula is C21H27NO4. The molecule has 0 saturated heterocycles. The molecule has 1 aliphatic heterocycles. The first-order valence-electron chi connectivity index (χ1n) is 8.83. The maximum Gasteiger partial charge on any atom is 0.172 e. The van der Waals surface area contributed by atoms with Gasteiger partial charge in [0.2, 0.25) is 0 Å². The third-order valence-corrected chi connectivity index (χ3v) is 4.79. The fraction of sp³-hybridized carbons (Fsp3) is 0.429. The van der Waals surface area contributed by atoms with E-state index in [0.717, 1.165) is 54.4 Å². The number of methoxy groups -OCH3 is 3. The van der Waals surface area contributed by atoms with E-state index in [1.54, 1.807) is 21.3 Å². The second-order valence-electron chi connectivity index (χ2n) is 6.70. The molecule has 0 radical (unpaired) electrons. The summed E-state index contributed by atoms with van der Waals surface area (Å²) in [6.45, 7) is 0.993. The van der Waals surface area contributed by atoms with E-state index in [1.807, 2.05) is 18.2 Å². The highest BCUT2D eigenvalue weighted by Gasteiger charge is 2.23. The van der Waals surface area contributed by atoms with E-state index in [0.29, 0.717) is 5.75 Å². The first-order valence-corrected chi connectivity index (χ1v) is 8.83. The Bertz CT molecular complexity index is 786. The Morgan fingerprint density at radius 1 is 0.923 bits per heavy atom. The van der Waals surface area contributed by atoms with Crippen molar-refractivity contribution in [1.29, 1.82) is 0 Å². The quantitative estimate of drug-likeness (QED) is 0.788. The van der Waals surface area contributed by atoms with Gasteiger partial charge in [-0.1, -0.05) is 6.07 Å². The molecule has 0 atom stereocenters. The van der Waals surface area contributed by atoms with Crippen LogP contribution in [0.4, 0.5) is 0 Å². The lowest BCUT2D eigenvalue weighted by Crippen LogP contribution is -2.16. The summed E-state index contributed by atoms with van der Waals surface area (Å²) in [7, 11) is 9.15. The van der Waals surface area contributed by atoms with Gasteiger partial charge in [0.25, 0.3) is 0 Å². The van der Waals surface area contributed by atoms with Gasteiger partial charge in [-0.2, -0.15) is 0 Å². The summed E-state index contributed by atoms with van der Waals surface area (Å²) in [4.78, 5) is 2.19. The highest BCUT2D eigenvalue weighted by atomic mass is 16.5. The van der Waals surface area contributed by atoms with Crippen molar-refractivity contribution in [2.24, 2.45) is 0 Å². The van der Waals surface area contributed by atoms with Crippen molar-refractivity contribution in [2.45, 2.75) is 19.3 Å². The Morgan fingerprint density at radius 2 is 1.62 bits per heavy atom. The van der Waals surface area contributed by atoms with Crippen LogP contribution in [0.3, 0.4) is 0 Å². The fourth-order valence-electron chi connectivity index (χ4n) is 3.33. The number of rotatable bonds is 6. The minimum absolute atomic E-state index is 0.664. The van der Waals surface area contributed by atoms with Gasteiger partial charge >= 0.3 is 0 Å². The van der Waals surface area contributed by atoms with Crippen molar-refractivity contribution in [1.82, 2.24) is 4.90 Å². The topological polar surface area (TPSA) is 40.2 Å². The zero-order chi connectivity index (χ0) is 18.7. The van der Waals surface area contributed by atoms with Gasteiger partial charge in [0.1, 0.15) is 5.75 Å². The minimum Gasteiger partial charge on any atom is -0.493 e. The van der Waals surface area contributed by atoms with Gasteiger partial charge in [-0.3, -0.25) is 0 Å². The first kappa shape index (κ1) is 18.4. The molecule has 5 heteroatoms. The molecule has 140 valence electrons. The Balaban J connectivity index is 2.04. The Hall–Kier alpha value is -2.40. The van der Waals surface area contributed by atoms with E-state index in [9.17, 15) is 0 Å². The van der Waals surface area contributed by atoms with Crippen LogP contribution in [0.1, 0.15) is 16.7 Å². The lowest BCUT2D eigenvalue weighted by atomic mass is 9.97. The van der Waals surface area contributed by atoms with Crippen LogP contribution in [0.15, 0.2) is 24.3 Å². The summed E-state index contributed by atoms with van der Waals surface area (Å²) in [5.41, 5.74) is 3.64. The smallest absolute Gasteiger partial charge is 0.172 e. The second-order valence-corrected chi connectivity index (χ2v) is 6.70. The highest BCUT2D eigenvalue weighted by molar-refractivity contribution is 5.58. The number of fused-ring (bicyclic) bond motifs is 2. The molecule has 3 rings (SSSR count). The van der Waals surface area contributed by atoms with E-state index < -0.39 is 0 Å². The molecule has 0 spiro atoms. The van der Waals surface area contributed by atoms with Crippen LogP contribution in [0, 0.1) is 0 Å². The minimum atomic E-state index is 0.664. The monoisotopic (exact) mass is 357 g/mol. The molecule has 0 N–H and O–H groups in total. The standard InChI is InChI=1S/C21H27NO4/c1-22(2)11-10-14-7-9-17(23-3)21-16(14)8-6-15-12-19(24-4)20(25-5)13-18(15)26-21/h7,9,12-13H,6,8,10-11H2,1-5H3. The molecule has 1 aliphatic rings. The van der Waals surface area contributed by atoms with Gasteiger partial charge in [0.05, 0.1) is 21.3 Å². The molecule has 2 aromatic carbocycles. The van der Waals surface area contributed by atoms with Gasteiger partial charge in [-0.05, 0) is 56.6 Å². The second kappa shape index (κ2) is 7.87. The molecule has 1 heterocycles. The number of benzene rings is 2. The molecular weight excluding hydrogens is 330 g/mol. The van der Waals surface area contributed by atoms with Crippen LogP contribution in [-0.4, -0.2) is 46.9 Å². The van der Waals surface area contributed by atoms with Crippen LogP contribution >= 0.6 is 0 Å². The van der Waals surface area contributed by atoms with Crippen LogP contribution < -0.4 is 18.9 Å². The van der Waals surface area contributed by atoms with Crippen molar-refractivity contribution in [3.63, 3.8) is 0 Å². The molecule has 26 heavy (non-hydrogen) atoms. The summed E-state index contributed by atoms with van der Waals surface area (Å²) in [6, 6.07) is 8.05. The SMILES string of the molecule is COc1cc2c(cc1OC)Oc1c(OC)ccc(CCN(C)C)c1CC2. The number of aryl methyl sites for hydroxylation is 1. The fourth-order valence-corrected chi connectivity index (χ4v) is 3.33. The largest absolute Gasteiger partial charge is 0.493 e. The molecule has 5 nitrogen and oxygen atoms in total. The molecule has 2 aromatic rings. The van der Waals surface area contributed by atoms with E-state index >= 15 is 0 Å². The van der Waals surface area contributed by atoms with Crippen molar-refractivity contribution in [3.8, 4) is 28.7 Å². The summed E-state index contributed by atoms with van der Waals surface area (Å²) in [5.74, 6) is 3.76. The predicted octanol–water partition coefficient (Wildman–Crippen LogP) is 3.71. The molecule has 0 aliphatic carbocycles. The van der Waals surface area contributed by atoms with Crippen molar-refractivity contribution < 1.29 is 18.9 Å². The van der Waals surface area contributed by atoms with Crippen molar-refractivity contribution in [3.05, 3.63) is 41.0 Å². The van der Waals surface area contributed by atoms with Gasteiger partial charge in [-0.15, -0.1) is 0 Å².